The van der Waals surface area contributed by atoms with E-state index < -0.39 is 22.9 Å². The molecule has 0 aliphatic heterocycles. The van der Waals surface area contributed by atoms with E-state index in [9.17, 15) is 14.7 Å². The monoisotopic (exact) mass is 332 g/mol. The number of nitrogens with one attached hydrogen (secondary N) is 3. The number of hydrogen-bond acceptors (Lipinski definition) is 8. The molecule has 0 unspecified atom stereocenters. The fourth-order valence-corrected chi connectivity index (χ4v) is 1.90. The fourth-order valence-electron chi connectivity index (χ4n) is 1.90. The summed E-state index contributed by atoms with van der Waals surface area (Å²) in [7, 11) is 1.26. The second-order valence-electron chi connectivity index (χ2n) is 4.53. The van der Waals surface area contributed by atoms with Crippen LogP contribution in [0.4, 0.5) is 5.69 Å². The summed E-state index contributed by atoms with van der Waals surface area (Å²) in [5.74, 6) is 3.77. The Morgan fingerprint density at radius 3 is 2.54 bits per heavy atom. The van der Waals surface area contributed by atoms with Crippen LogP contribution in [0.15, 0.2) is 35.3 Å². The van der Waals surface area contributed by atoms with Crippen LogP contribution in [0.25, 0.3) is 5.70 Å². The molecule has 10 heteroatoms. The maximum atomic E-state index is 12.2. The van der Waals surface area contributed by atoms with Crippen LogP contribution < -0.4 is 32.6 Å². The molecule has 0 saturated carbocycles. The normalized spacial score (nSPS) is 11.0. The highest BCUT2D eigenvalue weighted by Gasteiger charge is 2.19. The summed E-state index contributed by atoms with van der Waals surface area (Å²) < 4.78 is 4.70. The van der Waals surface area contributed by atoms with Crippen LogP contribution >= 0.6 is 0 Å². The molecule has 0 aliphatic rings. The molecule has 1 aromatic heterocycles. The number of benzene rings is 1. The number of nitrogens with zero attached hydrogens (tertiary/aromatic N) is 1. The van der Waals surface area contributed by atoms with Gasteiger partial charge in [-0.2, -0.15) is 4.98 Å². The van der Waals surface area contributed by atoms with E-state index in [1.54, 1.807) is 24.3 Å². The van der Waals surface area contributed by atoms with Crippen molar-refractivity contribution in [3.63, 3.8) is 0 Å². The molecule has 1 aromatic carbocycles. The van der Waals surface area contributed by atoms with Crippen LogP contribution in [0.3, 0.4) is 0 Å². The van der Waals surface area contributed by atoms with Gasteiger partial charge in [0, 0.05) is 17.5 Å². The second-order valence-corrected chi connectivity index (χ2v) is 4.53. The lowest BCUT2D eigenvalue weighted by atomic mass is 10.1. The van der Waals surface area contributed by atoms with Crippen molar-refractivity contribution in [2.75, 3.05) is 12.4 Å². The number of aromatic amines is 1. The molecule has 1 heterocycles. The van der Waals surface area contributed by atoms with E-state index in [-0.39, 0.29) is 6.01 Å². The van der Waals surface area contributed by atoms with Crippen molar-refractivity contribution < 1.29 is 14.6 Å². The van der Waals surface area contributed by atoms with Crippen LogP contribution in [-0.2, 0) is 0 Å². The summed E-state index contributed by atoms with van der Waals surface area (Å²) in [6.45, 7) is 0. The molecule has 2 aromatic rings. The van der Waals surface area contributed by atoms with Crippen molar-refractivity contribution in [3.8, 4) is 11.9 Å². The summed E-state index contributed by atoms with van der Waals surface area (Å²) in [5, 5.41) is 12.2. The Labute approximate surface area is 136 Å². The molecular weight excluding hydrogens is 316 g/mol. The summed E-state index contributed by atoms with van der Waals surface area (Å²) >= 11 is 0. The van der Waals surface area contributed by atoms with E-state index in [0.717, 1.165) is 0 Å². The lowest BCUT2D eigenvalue weighted by Crippen LogP contribution is -2.24. The number of hydrogen-bond donors (Lipinski definition) is 6. The number of rotatable bonds is 5. The molecule has 126 valence electrons. The minimum absolute atomic E-state index is 0.200. The molecule has 0 radical (unpaired) electrons. The third kappa shape index (κ3) is 3.44. The summed E-state index contributed by atoms with van der Waals surface area (Å²) in [5.41, 5.74) is 8.09. The van der Waals surface area contributed by atoms with Crippen LogP contribution in [-0.4, -0.2) is 28.1 Å². The number of aromatic nitrogens is 2. The molecule has 0 saturated heterocycles. The number of amides is 1. The highest BCUT2D eigenvalue weighted by Crippen LogP contribution is 2.17. The van der Waals surface area contributed by atoms with Gasteiger partial charge in [-0.05, 0) is 12.1 Å². The summed E-state index contributed by atoms with van der Waals surface area (Å²) in [6, 6.07) is 6.27. The van der Waals surface area contributed by atoms with Crippen LogP contribution in [0.1, 0.15) is 15.9 Å². The number of ether oxygens (including phenoxy) is 1. The summed E-state index contributed by atoms with van der Waals surface area (Å²) in [6.07, 6.45) is 1.30. The maximum Gasteiger partial charge on any atom is 0.299 e. The van der Waals surface area contributed by atoms with Crippen molar-refractivity contribution in [1.29, 1.82) is 0 Å². The highest BCUT2D eigenvalue weighted by atomic mass is 16.5. The van der Waals surface area contributed by atoms with E-state index in [2.05, 4.69) is 20.7 Å². The average Bonchev–Trinajstić information content (AvgIpc) is 2.56. The standard InChI is InChI=1S/C14H16N6O4/c1-24-14-18-12(22)10(13(23)19-14)11(21)17-8-4-2-7(3-5-8)9(6-15)20-16/h2-6,20H,15-16H2,1H3,(H,17,21)(H2,18,19,22,23)/b9-6-. The Morgan fingerprint density at radius 1 is 1.38 bits per heavy atom. The van der Waals surface area contributed by atoms with Crippen molar-refractivity contribution in [3.05, 3.63) is 51.9 Å². The van der Waals surface area contributed by atoms with Gasteiger partial charge in [-0.25, -0.2) is 0 Å². The number of methoxy groups -OCH3 is 1. The predicted octanol–water partition coefficient (Wildman–Crippen LogP) is -0.543. The number of anilines is 1. The highest BCUT2D eigenvalue weighted by molar-refractivity contribution is 6.05. The molecule has 0 aliphatic carbocycles. The van der Waals surface area contributed by atoms with Gasteiger partial charge in [0.15, 0.2) is 5.56 Å². The summed E-state index contributed by atoms with van der Waals surface area (Å²) in [4.78, 5) is 29.8. The average molecular weight is 332 g/mol. The SMILES string of the molecule is COc1nc(O)c(C(=O)Nc2ccc(/C(=C/N)NN)cc2)c(=O)[nH]1. The lowest BCUT2D eigenvalue weighted by Gasteiger charge is -2.09. The van der Waals surface area contributed by atoms with Gasteiger partial charge in [0.1, 0.15) is 0 Å². The molecular formula is C14H16N6O4. The third-order valence-electron chi connectivity index (χ3n) is 3.07. The molecule has 1 amide bonds. The topological polar surface area (TPSA) is 168 Å². The molecule has 0 fully saturated rings. The van der Waals surface area contributed by atoms with Gasteiger partial charge in [0.25, 0.3) is 17.5 Å². The van der Waals surface area contributed by atoms with Crippen LogP contribution in [0.2, 0.25) is 0 Å². The number of carbonyl (C=O) groups is 1. The Kier molecular flexibility index (Phi) is 5.02. The fraction of sp³-hybridized carbons (Fsp3) is 0.0714. The molecule has 0 bridgehead atoms. The first-order valence-corrected chi connectivity index (χ1v) is 6.67. The molecule has 24 heavy (non-hydrogen) atoms. The zero-order valence-corrected chi connectivity index (χ0v) is 12.7. The van der Waals surface area contributed by atoms with Gasteiger partial charge in [-0.3, -0.25) is 20.4 Å². The molecule has 0 spiro atoms. The molecule has 0 atom stereocenters. The first-order valence-electron chi connectivity index (χ1n) is 6.67. The first kappa shape index (κ1) is 16.8. The van der Waals surface area contributed by atoms with E-state index in [0.29, 0.717) is 16.9 Å². The van der Waals surface area contributed by atoms with Gasteiger partial charge in [0.2, 0.25) is 5.88 Å². The Hall–Kier alpha value is -3.53. The quantitative estimate of drug-likeness (QED) is 0.313. The van der Waals surface area contributed by atoms with Crippen molar-refractivity contribution in [2.45, 2.75) is 0 Å². The smallest absolute Gasteiger partial charge is 0.299 e. The van der Waals surface area contributed by atoms with Crippen molar-refractivity contribution in [1.82, 2.24) is 15.4 Å². The van der Waals surface area contributed by atoms with E-state index in [1.807, 2.05) is 0 Å². The van der Waals surface area contributed by atoms with Crippen molar-refractivity contribution in [2.24, 2.45) is 11.6 Å². The minimum atomic E-state index is -0.825. The number of aromatic hydroxyl groups is 1. The Bertz CT molecular complexity index is 828. The molecule has 10 nitrogen and oxygen atoms in total. The number of nitrogens with two attached hydrogens (primary N) is 2. The van der Waals surface area contributed by atoms with Gasteiger partial charge in [-0.1, -0.05) is 12.1 Å². The number of H-pyrrole nitrogens is 1. The predicted molar refractivity (Wildman–Crippen MR) is 87.0 cm³/mol. The van der Waals surface area contributed by atoms with Gasteiger partial charge in [-0.15, -0.1) is 0 Å². The van der Waals surface area contributed by atoms with Gasteiger partial charge in [0.05, 0.1) is 12.8 Å². The number of carbonyl (C=O) groups excluding carboxylic acids is 1. The third-order valence-corrected chi connectivity index (χ3v) is 3.07. The Morgan fingerprint density at radius 2 is 2.04 bits per heavy atom. The lowest BCUT2D eigenvalue weighted by molar-refractivity contribution is 0.102. The van der Waals surface area contributed by atoms with E-state index in [4.69, 9.17) is 16.3 Å². The number of hydrazine groups is 1. The van der Waals surface area contributed by atoms with Gasteiger partial charge >= 0.3 is 0 Å². The zero-order chi connectivity index (χ0) is 17.7. The largest absolute Gasteiger partial charge is 0.492 e. The first-order chi connectivity index (χ1) is 11.5. The molecule has 2 rings (SSSR count). The zero-order valence-electron chi connectivity index (χ0n) is 12.7. The van der Waals surface area contributed by atoms with E-state index in [1.165, 1.54) is 13.3 Å². The Balaban J connectivity index is 2.23. The minimum Gasteiger partial charge on any atom is -0.492 e. The van der Waals surface area contributed by atoms with Crippen LogP contribution in [0, 0.1) is 0 Å². The van der Waals surface area contributed by atoms with Crippen LogP contribution in [0.5, 0.6) is 11.9 Å². The van der Waals surface area contributed by atoms with Gasteiger partial charge < -0.3 is 26.3 Å². The van der Waals surface area contributed by atoms with E-state index >= 15 is 0 Å². The molecule has 8 N–H and O–H groups in total. The maximum absolute atomic E-state index is 12.2. The second kappa shape index (κ2) is 7.15. The van der Waals surface area contributed by atoms with Crippen molar-refractivity contribution >= 4 is 17.3 Å².